The Hall–Kier alpha value is -6.51. The highest BCUT2D eigenvalue weighted by Gasteiger charge is 2.43. The van der Waals surface area contributed by atoms with Crippen molar-refractivity contribution in [2.75, 3.05) is 43.2 Å². The number of benzene rings is 6. The summed E-state index contributed by atoms with van der Waals surface area (Å²) in [5, 5.41) is 14.2. The molecule has 8 nitrogen and oxygen atoms in total. The van der Waals surface area contributed by atoms with Gasteiger partial charge in [-0.05, 0) is 52.1 Å². The molecule has 2 aliphatic heterocycles. The molecular formula is C46H40N6O2. The fourth-order valence-corrected chi connectivity index (χ4v) is 7.91. The van der Waals surface area contributed by atoms with Crippen LogP contribution in [0.25, 0.3) is 22.4 Å². The Morgan fingerprint density at radius 2 is 1.11 bits per heavy atom. The summed E-state index contributed by atoms with van der Waals surface area (Å²) in [5.41, 5.74) is 9.24. The third-order valence-electron chi connectivity index (χ3n) is 10.7. The summed E-state index contributed by atoms with van der Waals surface area (Å²) in [5.74, 6) is -0.148. The van der Waals surface area contributed by atoms with E-state index in [0.29, 0.717) is 17.0 Å². The van der Waals surface area contributed by atoms with Gasteiger partial charge in [-0.25, -0.2) is 0 Å². The molecule has 0 radical (unpaired) electrons. The van der Waals surface area contributed by atoms with Gasteiger partial charge in [0.05, 0.1) is 24.5 Å². The summed E-state index contributed by atoms with van der Waals surface area (Å²) >= 11 is 0. The molecule has 8 heteroatoms. The smallest absolute Gasteiger partial charge is 0.255 e. The highest BCUT2D eigenvalue weighted by atomic mass is 16.5. The number of anilines is 2. The summed E-state index contributed by atoms with van der Waals surface area (Å²) in [4.78, 5) is 20.0. The number of para-hydroxylation sites is 1. The Balaban J connectivity index is 1.21. The minimum atomic E-state index is -0.936. The van der Waals surface area contributed by atoms with Crippen molar-refractivity contribution in [1.29, 1.82) is 0 Å². The third-order valence-corrected chi connectivity index (χ3v) is 10.7. The van der Waals surface area contributed by atoms with E-state index in [-0.39, 0.29) is 5.91 Å². The number of hydrogen-bond acceptors (Lipinski definition) is 6. The van der Waals surface area contributed by atoms with Crippen molar-refractivity contribution in [3.63, 3.8) is 0 Å². The lowest BCUT2D eigenvalue weighted by molar-refractivity contribution is 0.0927. The fraction of sp³-hybridized carbons (Fsp3) is 0.152. The lowest BCUT2D eigenvalue weighted by Crippen LogP contribution is -2.45. The lowest BCUT2D eigenvalue weighted by Gasteiger charge is -2.36. The van der Waals surface area contributed by atoms with Gasteiger partial charge in [0.15, 0.2) is 5.54 Å². The topological polar surface area (TPSA) is 75.5 Å². The zero-order chi connectivity index (χ0) is 36.5. The lowest BCUT2D eigenvalue weighted by atomic mass is 9.77. The maximum atomic E-state index is 13.7. The molecule has 1 saturated heterocycles. The number of carbonyl (C=O) groups is 1. The number of nitrogens with zero attached hydrogens (tertiary/aromatic N) is 5. The first-order chi connectivity index (χ1) is 26.6. The van der Waals surface area contributed by atoms with Crippen LogP contribution in [0.2, 0.25) is 0 Å². The zero-order valence-electron chi connectivity index (χ0n) is 30.0. The van der Waals surface area contributed by atoms with E-state index < -0.39 is 11.7 Å². The van der Waals surface area contributed by atoms with Gasteiger partial charge in [-0.3, -0.25) is 4.79 Å². The highest BCUT2D eigenvalue weighted by molar-refractivity contribution is 6.02. The number of rotatable bonds is 8. The molecule has 266 valence electrons. The number of nitrogens with one attached hydrogen (secondary N) is 1. The van der Waals surface area contributed by atoms with Gasteiger partial charge in [0.25, 0.3) is 5.91 Å². The minimum absolute atomic E-state index is 0.148. The van der Waals surface area contributed by atoms with E-state index in [2.05, 4.69) is 136 Å². The first-order valence-corrected chi connectivity index (χ1v) is 18.4. The Morgan fingerprint density at radius 1 is 0.611 bits per heavy atom. The van der Waals surface area contributed by atoms with Gasteiger partial charge in [-0.2, -0.15) is 15.0 Å². The van der Waals surface area contributed by atoms with Crippen molar-refractivity contribution in [2.45, 2.75) is 11.7 Å². The van der Waals surface area contributed by atoms with Gasteiger partial charge < -0.3 is 19.9 Å². The monoisotopic (exact) mass is 708 g/mol. The molecule has 0 spiro atoms. The average Bonchev–Trinajstić information content (AvgIpc) is 3.69. The molecule has 0 bridgehead atoms. The van der Waals surface area contributed by atoms with Gasteiger partial charge in [-0.1, -0.05) is 140 Å². The van der Waals surface area contributed by atoms with Crippen molar-refractivity contribution in [1.82, 2.24) is 20.3 Å². The summed E-state index contributed by atoms with van der Waals surface area (Å²) in [6, 6.07) is 56.1. The van der Waals surface area contributed by atoms with Crippen LogP contribution in [-0.4, -0.2) is 54.3 Å². The standard InChI is InChI=1S/C46H40N6O2/c1-50-41-20-12-11-19-40(41)45(53)47-44(50)43-42(35-23-21-33(22-24-35)34-25-27-39(28-26-34)51-29-31-54-32-30-51)48-52(49-43)46(36-13-5-2-6-14-36,37-15-7-3-8-16-37)38-17-9-4-10-18-38/h2-28,44H,29-32H2,1H3,(H,47,53). The van der Waals surface area contributed by atoms with E-state index in [0.717, 1.165) is 65.4 Å². The predicted octanol–water partition coefficient (Wildman–Crippen LogP) is 8.17. The molecule has 1 aromatic heterocycles. The van der Waals surface area contributed by atoms with E-state index in [1.165, 1.54) is 5.69 Å². The van der Waals surface area contributed by atoms with Crippen molar-refractivity contribution in [3.05, 3.63) is 192 Å². The molecule has 7 aromatic rings. The summed E-state index contributed by atoms with van der Waals surface area (Å²) in [6.45, 7) is 3.32. The summed E-state index contributed by atoms with van der Waals surface area (Å²) in [6.07, 6.45) is -0.580. The third kappa shape index (κ3) is 5.81. The first kappa shape index (κ1) is 33.3. The molecule has 1 atom stereocenters. The van der Waals surface area contributed by atoms with E-state index in [9.17, 15) is 4.79 Å². The zero-order valence-corrected chi connectivity index (χ0v) is 30.0. The van der Waals surface area contributed by atoms with Crippen LogP contribution in [-0.2, 0) is 10.3 Å². The summed E-state index contributed by atoms with van der Waals surface area (Å²) in [7, 11) is 1.99. The molecule has 0 aliphatic carbocycles. The molecule has 1 N–H and O–H groups in total. The largest absolute Gasteiger partial charge is 0.378 e. The summed E-state index contributed by atoms with van der Waals surface area (Å²) < 4.78 is 5.55. The first-order valence-electron chi connectivity index (χ1n) is 18.4. The second kappa shape index (κ2) is 14.1. The molecular weight excluding hydrogens is 669 g/mol. The van der Waals surface area contributed by atoms with Crippen LogP contribution in [0.1, 0.15) is 38.9 Å². The van der Waals surface area contributed by atoms with Crippen LogP contribution in [0.15, 0.2) is 164 Å². The Kier molecular flexibility index (Phi) is 8.73. The Morgan fingerprint density at radius 3 is 1.69 bits per heavy atom. The average molecular weight is 709 g/mol. The van der Waals surface area contributed by atoms with Gasteiger partial charge in [0.1, 0.15) is 17.6 Å². The maximum absolute atomic E-state index is 13.7. The van der Waals surface area contributed by atoms with E-state index in [4.69, 9.17) is 14.9 Å². The second-order valence-corrected chi connectivity index (χ2v) is 13.8. The van der Waals surface area contributed by atoms with Gasteiger partial charge in [-0.15, -0.1) is 0 Å². The van der Waals surface area contributed by atoms with Crippen molar-refractivity contribution in [2.24, 2.45) is 0 Å². The number of hydrogen-bond donors (Lipinski definition) is 1. The Bertz CT molecular complexity index is 2280. The van der Waals surface area contributed by atoms with Gasteiger partial charge in [0.2, 0.25) is 0 Å². The van der Waals surface area contributed by atoms with E-state index >= 15 is 0 Å². The van der Waals surface area contributed by atoms with Gasteiger partial charge >= 0.3 is 0 Å². The highest BCUT2D eigenvalue weighted by Crippen LogP contribution is 2.42. The van der Waals surface area contributed by atoms with Crippen LogP contribution in [0.3, 0.4) is 0 Å². The van der Waals surface area contributed by atoms with Crippen LogP contribution < -0.4 is 15.1 Å². The van der Waals surface area contributed by atoms with E-state index in [1.807, 2.05) is 54.3 Å². The molecule has 9 rings (SSSR count). The van der Waals surface area contributed by atoms with Crippen molar-refractivity contribution in [3.8, 4) is 22.4 Å². The number of fused-ring (bicyclic) bond motifs is 1. The number of carbonyl (C=O) groups excluding carboxylic acids is 1. The van der Waals surface area contributed by atoms with Crippen LogP contribution in [0.4, 0.5) is 11.4 Å². The minimum Gasteiger partial charge on any atom is -0.378 e. The number of aromatic nitrogens is 3. The van der Waals surface area contributed by atoms with Gasteiger partial charge in [0, 0.05) is 31.4 Å². The van der Waals surface area contributed by atoms with Crippen LogP contribution >= 0.6 is 0 Å². The predicted molar refractivity (Wildman–Crippen MR) is 214 cm³/mol. The fourth-order valence-electron chi connectivity index (χ4n) is 7.91. The molecule has 1 fully saturated rings. The molecule has 1 amide bonds. The molecule has 0 saturated carbocycles. The second-order valence-electron chi connectivity index (χ2n) is 13.8. The normalized spacial score (nSPS) is 15.8. The number of amides is 1. The molecule has 2 aliphatic rings. The Labute approximate surface area is 315 Å². The van der Waals surface area contributed by atoms with Crippen molar-refractivity contribution < 1.29 is 9.53 Å². The van der Waals surface area contributed by atoms with Crippen LogP contribution in [0, 0.1) is 0 Å². The van der Waals surface area contributed by atoms with E-state index in [1.54, 1.807) is 0 Å². The molecule has 3 heterocycles. The quantitative estimate of drug-likeness (QED) is 0.161. The van der Waals surface area contributed by atoms with Crippen LogP contribution in [0.5, 0.6) is 0 Å². The maximum Gasteiger partial charge on any atom is 0.255 e. The number of morpholine rings is 1. The number of ether oxygens (including phenoxy) is 1. The molecule has 1 unspecified atom stereocenters. The van der Waals surface area contributed by atoms with Crippen molar-refractivity contribution >= 4 is 17.3 Å². The molecule has 6 aromatic carbocycles. The molecule has 54 heavy (non-hydrogen) atoms. The SMILES string of the molecule is CN1c2ccccc2C(=O)NC1c1nn(C(c2ccccc2)(c2ccccc2)c2ccccc2)nc1-c1ccc(-c2ccc(N3CCOCC3)cc2)cc1.